The number of aliphatic carboxylic acids is 1. The Bertz CT molecular complexity index is 1140. The van der Waals surface area contributed by atoms with Crippen LogP contribution in [0.25, 0.3) is 11.3 Å². The lowest BCUT2D eigenvalue weighted by atomic mass is 10.1. The highest BCUT2D eigenvalue weighted by molar-refractivity contribution is 5.94. The molecule has 1 unspecified atom stereocenters. The molecule has 1 amide bonds. The van der Waals surface area contributed by atoms with Crippen molar-refractivity contribution in [1.82, 2.24) is 15.1 Å². The molecule has 1 atom stereocenters. The van der Waals surface area contributed by atoms with Gasteiger partial charge in [-0.05, 0) is 37.1 Å². The van der Waals surface area contributed by atoms with Gasteiger partial charge in [0.25, 0.3) is 11.9 Å². The number of hydrogen-bond donors (Lipinski definition) is 5. The average Bonchev–Trinajstić information content (AvgIpc) is 3.17. The molecule has 0 saturated heterocycles. The molecular formula is C24H29N5O5. The summed E-state index contributed by atoms with van der Waals surface area (Å²) in [7, 11) is 0. The number of rotatable bonds is 8. The van der Waals surface area contributed by atoms with E-state index in [1.54, 1.807) is 55.6 Å². The summed E-state index contributed by atoms with van der Waals surface area (Å²) < 4.78 is 7.11. The van der Waals surface area contributed by atoms with Crippen molar-refractivity contribution in [2.45, 2.75) is 33.5 Å². The van der Waals surface area contributed by atoms with E-state index in [0.29, 0.717) is 30.0 Å². The smallest absolute Gasteiger partial charge is 0.300 e. The number of nitrogens with one attached hydrogen (secondary N) is 2. The zero-order valence-electron chi connectivity index (χ0n) is 19.3. The molecule has 1 aromatic heterocycles. The second-order valence-corrected chi connectivity index (χ2v) is 7.31. The SMILES string of the molecule is CC(=O)O.CCOC(C(=O)NCc1ccc(C(=N)N)cc1)n1cc(C)c(-c2ccccc2O)n1. The van der Waals surface area contributed by atoms with E-state index in [1.807, 2.05) is 13.0 Å². The second kappa shape index (κ2) is 12.2. The number of carbonyl (C=O) groups is 2. The first kappa shape index (κ1) is 26.1. The molecule has 3 rings (SSSR count). The Hall–Kier alpha value is -4.18. The number of nitrogen functional groups attached to an aromatic ring is 1. The molecule has 0 aliphatic carbocycles. The van der Waals surface area contributed by atoms with Crippen LogP contribution in [-0.4, -0.2) is 44.3 Å². The average molecular weight is 468 g/mol. The van der Waals surface area contributed by atoms with Gasteiger partial charge in [-0.2, -0.15) is 5.10 Å². The zero-order valence-corrected chi connectivity index (χ0v) is 19.3. The van der Waals surface area contributed by atoms with Gasteiger partial charge in [0.05, 0.1) is 5.69 Å². The van der Waals surface area contributed by atoms with Crippen LogP contribution in [0, 0.1) is 12.3 Å². The number of para-hydroxylation sites is 1. The number of hydrogen-bond acceptors (Lipinski definition) is 6. The number of nitrogens with zero attached hydrogens (tertiary/aromatic N) is 2. The number of carbonyl (C=O) groups excluding carboxylic acids is 1. The summed E-state index contributed by atoms with van der Waals surface area (Å²) in [6, 6.07) is 14.0. The van der Waals surface area contributed by atoms with Crippen LogP contribution in [-0.2, 0) is 20.9 Å². The van der Waals surface area contributed by atoms with Crippen LogP contribution < -0.4 is 11.1 Å². The highest BCUT2D eigenvalue weighted by atomic mass is 16.5. The number of ether oxygens (including phenoxy) is 1. The summed E-state index contributed by atoms with van der Waals surface area (Å²) in [5, 5.41) is 32.3. The molecule has 2 aromatic carbocycles. The van der Waals surface area contributed by atoms with Gasteiger partial charge in [0.1, 0.15) is 11.6 Å². The number of benzene rings is 2. The number of aryl methyl sites for hydroxylation is 1. The van der Waals surface area contributed by atoms with E-state index < -0.39 is 12.2 Å². The van der Waals surface area contributed by atoms with Gasteiger partial charge >= 0.3 is 0 Å². The number of amidine groups is 1. The Balaban J connectivity index is 0.000000945. The van der Waals surface area contributed by atoms with Crippen LogP contribution >= 0.6 is 0 Å². The highest BCUT2D eigenvalue weighted by Gasteiger charge is 2.23. The number of carboxylic acid groups (broad SMARTS) is 1. The minimum Gasteiger partial charge on any atom is -0.507 e. The first-order chi connectivity index (χ1) is 16.1. The van der Waals surface area contributed by atoms with Crippen molar-refractivity contribution in [2.75, 3.05) is 6.61 Å². The van der Waals surface area contributed by atoms with Crippen molar-refractivity contribution in [3.8, 4) is 17.0 Å². The van der Waals surface area contributed by atoms with E-state index in [-0.39, 0.29) is 17.5 Å². The van der Waals surface area contributed by atoms with E-state index in [9.17, 15) is 9.90 Å². The Morgan fingerprint density at radius 1 is 1.21 bits per heavy atom. The third-order valence-electron chi connectivity index (χ3n) is 4.59. The van der Waals surface area contributed by atoms with Gasteiger partial charge in [-0.3, -0.25) is 15.0 Å². The maximum Gasteiger partial charge on any atom is 0.300 e. The predicted octanol–water partition coefficient (Wildman–Crippen LogP) is 2.79. The monoisotopic (exact) mass is 467 g/mol. The number of nitrogens with two attached hydrogens (primary N) is 1. The van der Waals surface area contributed by atoms with E-state index >= 15 is 0 Å². The molecule has 6 N–H and O–H groups in total. The normalized spacial score (nSPS) is 11.1. The Kier molecular flexibility index (Phi) is 9.33. The fourth-order valence-corrected chi connectivity index (χ4v) is 3.05. The minimum absolute atomic E-state index is 0.00342. The molecule has 10 nitrogen and oxygen atoms in total. The number of aromatic hydroxyl groups is 1. The fraction of sp³-hybridized carbons (Fsp3) is 0.250. The third-order valence-corrected chi connectivity index (χ3v) is 4.59. The van der Waals surface area contributed by atoms with Crippen LogP contribution in [0.4, 0.5) is 0 Å². The van der Waals surface area contributed by atoms with Crippen molar-refractivity contribution in [3.63, 3.8) is 0 Å². The molecule has 0 saturated carbocycles. The number of phenolic OH excluding ortho intramolecular Hbond substituents is 1. The van der Waals surface area contributed by atoms with Crippen molar-refractivity contribution in [2.24, 2.45) is 5.73 Å². The molecule has 0 bridgehead atoms. The molecule has 0 aliphatic heterocycles. The van der Waals surface area contributed by atoms with E-state index in [4.69, 9.17) is 25.8 Å². The number of amides is 1. The van der Waals surface area contributed by atoms with Gasteiger partial charge in [0.2, 0.25) is 6.23 Å². The summed E-state index contributed by atoms with van der Waals surface area (Å²) >= 11 is 0. The fourth-order valence-electron chi connectivity index (χ4n) is 3.05. The summed E-state index contributed by atoms with van der Waals surface area (Å²) in [4.78, 5) is 21.8. The maximum absolute atomic E-state index is 12.8. The van der Waals surface area contributed by atoms with Crippen molar-refractivity contribution < 1.29 is 24.5 Å². The summed E-state index contributed by atoms with van der Waals surface area (Å²) in [6.07, 6.45) is 0.786. The van der Waals surface area contributed by atoms with Gasteiger partial charge in [-0.25, -0.2) is 4.68 Å². The Morgan fingerprint density at radius 3 is 2.38 bits per heavy atom. The summed E-state index contributed by atoms with van der Waals surface area (Å²) in [6.45, 7) is 5.38. The highest BCUT2D eigenvalue weighted by Crippen LogP contribution is 2.30. The standard InChI is InChI=1S/C22H25N5O3.C2H4O2/c1-3-30-22(21(29)25-12-15-8-10-16(11-9-15)20(23)24)27-13-14(2)19(26-27)17-6-4-5-7-18(17)28;1-2(3)4/h4-11,13,22,28H,3,12H2,1-2H3,(H3,23,24)(H,25,29);1H3,(H,3,4). The van der Waals surface area contributed by atoms with Gasteiger partial charge < -0.3 is 26.0 Å². The number of phenols is 1. The molecule has 1 heterocycles. The molecule has 0 radical (unpaired) electrons. The lowest BCUT2D eigenvalue weighted by Gasteiger charge is -2.17. The first-order valence-corrected chi connectivity index (χ1v) is 10.5. The number of carboxylic acids is 1. The Morgan fingerprint density at radius 2 is 1.82 bits per heavy atom. The van der Waals surface area contributed by atoms with Crippen LogP contribution in [0.3, 0.4) is 0 Å². The van der Waals surface area contributed by atoms with Crippen molar-refractivity contribution >= 4 is 17.7 Å². The third kappa shape index (κ3) is 7.17. The Labute approximate surface area is 197 Å². The summed E-state index contributed by atoms with van der Waals surface area (Å²) in [5.74, 6) is -1.05. The topological polar surface area (TPSA) is 164 Å². The van der Waals surface area contributed by atoms with Crippen molar-refractivity contribution in [1.29, 1.82) is 5.41 Å². The van der Waals surface area contributed by atoms with E-state index in [1.165, 1.54) is 4.68 Å². The molecule has 180 valence electrons. The molecule has 0 fully saturated rings. The molecule has 0 spiro atoms. The van der Waals surface area contributed by atoms with Crippen LogP contribution in [0.1, 0.15) is 36.8 Å². The molecule has 10 heteroatoms. The molecule has 3 aromatic rings. The van der Waals surface area contributed by atoms with Gasteiger partial charge in [-0.15, -0.1) is 0 Å². The largest absolute Gasteiger partial charge is 0.507 e. The summed E-state index contributed by atoms with van der Waals surface area (Å²) in [5.41, 5.74) is 8.95. The molecular weight excluding hydrogens is 438 g/mol. The van der Waals surface area contributed by atoms with Gasteiger partial charge in [0, 0.05) is 37.4 Å². The maximum atomic E-state index is 12.8. The van der Waals surface area contributed by atoms with Gasteiger partial charge in [0.15, 0.2) is 0 Å². The van der Waals surface area contributed by atoms with E-state index in [0.717, 1.165) is 18.1 Å². The molecule has 34 heavy (non-hydrogen) atoms. The van der Waals surface area contributed by atoms with Gasteiger partial charge in [-0.1, -0.05) is 36.4 Å². The minimum atomic E-state index is -0.940. The lowest BCUT2D eigenvalue weighted by molar-refractivity contribution is -0.139. The lowest BCUT2D eigenvalue weighted by Crippen LogP contribution is -2.34. The second-order valence-electron chi connectivity index (χ2n) is 7.31. The molecule has 0 aliphatic rings. The quantitative estimate of drug-likeness (QED) is 0.251. The van der Waals surface area contributed by atoms with Crippen LogP contribution in [0.15, 0.2) is 54.7 Å². The van der Waals surface area contributed by atoms with E-state index in [2.05, 4.69) is 10.4 Å². The predicted molar refractivity (Wildman–Crippen MR) is 127 cm³/mol. The van der Waals surface area contributed by atoms with Crippen molar-refractivity contribution in [3.05, 3.63) is 71.4 Å². The first-order valence-electron chi connectivity index (χ1n) is 10.5. The van der Waals surface area contributed by atoms with Crippen LogP contribution in [0.5, 0.6) is 5.75 Å². The zero-order chi connectivity index (χ0) is 25.3. The number of aromatic nitrogens is 2. The van der Waals surface area contributed by atoms with Crippen LogP contribution in [0.2, 0.25) is 0 Å².